The fourth-order valence-corrected chi connectivity index (χ4v) is 3.89. The van der Waals surface area contributed by atoms with Gasteiger partial charge in [-0.1, -0.05) is 39.3 Å². The summed E-state index contributed by atoms with van der Waals surface area (Å²) in [6, 6.07) is 0. The fraction of sp³-hybridized carbons (Fsp3) is 0.583. The van der Waals surface area contributed by atoms with Crippen LogP contribution in [0.5, 0.6) is 0 Å². The van der Waals surface area contributed by atoms with Gasteiger partial charge in [-0.3, -0.25) is 6.58 Å². The van der Waals surface area contributed by atoms with Crippen LogP contribution in [0, 0.1) is 13.5 Å². The van der Waals surface area contributed by atoms with E-state index in [1.165, 1.54) is 0 Å². The second-order valence-electron chi connectivity index (χ2n) is 5.91. The quantitative estimate of drug-likeness (QED) is 0.248. The largest absolute Gasteiger partial charge is 2.00 e. The Hall–Kier alpha value is 1.00. The molecule has 5 heteroatoms. The zero-order chi connectivity index (χ0) is 11.7. The molecule has 0 saturated carbocycles. The molecule has 0 spiro atoms. The van der Waals surface area contributed by atoms with Gasteiger partial charge in [-0.15, -0.1) is 6.92 Å². The van der Waals surface area contributed by atoms with Crippen molar-refractivity contribution >= 4 is 16.1 Å². The summed E-state index contributed by atoms with van der Waals surface area (Å²) in [6.07, 6.45) is 0. The number of halogens is 2. The van der Waals surface area contributed by atoms with Crippen LogP contribution in [0.4, 0.5) is 0 Å². The Kier molecular flexibility index (Phi) is 14.0. The Morgan fingerprint density at radius 1 is 0.882 bits per heavy atom. The summed E-state index contributed by atoms with van der Waals surface area (Å²) >= 11 is 0. The van der Waals surface area contributed by atoms with Gasteiger partial charge < -0.3 is 24.8 Å². The summed E-state index contributed by atoms with van der Waals surface area (Å²) < 4.78 is 0. The molecule has 0 unspecified atom stereocenters. The van der Waals surface area contributed by atoms with Crippen LogP contribution in [-0.4, -0.2) is 16.1 Å². The molecule has 0 rings (SSSR count). The zero-order valence-electron chi connectivity index (χ0n) is 11.7. The van der Waals surface area contributed by atoms with Crippen LogP contribution in [0.3, 0.4) is 0 Å². The minimum atomic E-state index is -1.50. The molecule has 0 atom stereocenters. The van der Waals surface area contributed by atoms with E-state index in [-0.39, 0.29) is 44.6 Å². The van der Waals surface area contributed by atoms with Crippen LogP contribution in [0.1, 0.15) is 6.92 Å². The van der Waals surface area contributed by atoms with Crippen molar-refractivity contribution in [3.8, 4) is 0 Å². The molecule has 0 aromatic carbocycles. The predicted octanol–water partition coefficient (Wildman–Crippen LogP) is -1.99. The van der Waals surface area contributed by atoms with Crippen LogP contribution in [0.25, 0.3) is 0 Å². The van der Waals surface area contributed by atoms with Gasteiger partial charge >= 0.3 is 19.8 Å². The van der Waals surface area contributed by atoms with E-state index in [1.54, 1.807) is 0 Å². The summed E-state index contributed by atoms with van der Waals surface area (Å²) in [5.41, 5.74) is 1.04. The van der Waals surface area contributed by atoms with Crippen molar-refractivity contribution in [3.63, 3.8) is 0 Å². The van der Waals surface area contributed by atoms with E-state index in [9.17, 15) is 0 Å². The standard InChI is InChI=1S/C12H22Si2.2ClH.Os/c1-10(11(2)13(4,5)6)12(3)14(7,8)9;;;/h2H,1,4-9H3;2*1H;/q;;;+2/p-2/b12-10+;;;. The Bertz CT molecular complexity index is 273. The van der Waals surface area contributed by atoms with Gasteiger partial charge in [0.05, 0.1) is 8.07 Å². The normalized spacial score (nSPS) is 12.4. The van der Waals surface area contributed by atoms with E-state index < -0.39 is 16.1 Å². The third kappa shape index (κ3) is 8.67. The maximum absolute atomic E-state index is 8.10. The topological polar surface area (TPSA) is 0 Å². The first-order chi connectivity index (χ1) is 5.98. The van der Waals surface area contributed by atoms with E-state index in [0.717, 1.165) is 16.0 Å². The molecule has 0 amide bonds. The summed E-state index contributed by atoms with van der Waals surface area (Å²) in [6.45, 7) is 29.5. The molecule has 0 aromatic heterocycles. The monoisotopic (exact) mass is 484 g/mol. The predicted molar refractivity (Wildman–Crippen MR) is 70.4 cm³/mol. The first kappa shape index (κ1) is 26.5. The molecule has 0 nitrogen and oxygen atoms in total. The minimum absolute atomic E-state index is 0. The van der Waals surface area contributed by atoms with Crippen molar-refractivity contribution in [1.29, 1.82) is 0 Å². The first-order valence-electron chi connectivity index (χ1n) is 5.04. The number of allylic oxidation sites excluding steroid dienone is 3. The molecule has 0 aromatic rings. The molecule has 0 aliphatic carbocycles. The molecular formula is C12H22Cl2OsSi2. The van der Waals surface area contributed by atoms with Crippen LogP contribution in [0.2, 0.25) is 39.3 Å². The number of hydrogen-bond donors (Lipinski definition) is 0. The summed E-state index contributed by atoms with van der Waals surface area (Å²) in [5.74, 6) is 0. The van der Waals surface area contributed by atoms with Gasteiger partial charge in [-0.25, -0.2) is 5.20 Å². The second kappa shape index (κ2) is 8.99. The summed E-state index contributed by atoms with van der Waals surface area (Å²) in [7, 11) is -2.92. The van der Waals surface area contributed by atoms with Crippen LogP contribution < -0.4 is 24.8 Å². The smallest absolute Gasteiger partial charge is 1.00 e. The molecule has 0 N–H and O–H groups in total. The third-order valence-corrected chi connectivity index (χ3v) is 6.20. The molecule has 0 heterocycles. The van der Waals surface area contributed by atoms with Gasteiger partial charge in [0.15, 0.2) is 0 Å². The van der Waals surface area contributed by atoms with Crippen molar-refractivity contribution in [2.45, 2.75) is 46.2 Å². The van der Waals surface area contributed by atoms with Gasteiger partial charge in [-0.2, -0.15) is 5.57 Å². The van der Waals surface area contributed by atoms with E-state index in [0.29, 0.717) is 0 Å². The van der Waals surface area contributed by atoms with Crippen molar-refractivity contribution in [2.75, 3.05) is 0 Å². The van der Waals surface area contributed by atoms with E-state index in [4.69, 9.17) is 13.5 Å². The van der Waals surface area contributed by atoms with Crippen LogP contribution in [-0.2, 0) is 19.8 Å². The molecule has 0 aliphatic rings. The van der Waals surface area contributed by atoms with E-state index in [2.05, 4.69) is 39.3 Å². The van der Waals surface area contributed by atoms with Gasteiger partial charge in [-0.05, 0) is 5.20 Å². The van der Waals surface area contributed by atoms with Crippen LogP contribution in [0.15, 0.2) is 16.0 Å². The zero-order valence-corrected chi connectivity index (χ0v) is 17.7. The van der Waals surface area contributed by atoms with E-state index >= 15 is 0 Å². The maximum Gasteiger partial charge on any atom is 2.00 e. The third-order valence-electron chi connectivity index (χ3n) is 2.34. The summed E-state index contributed by atoms with van der Waals surface area (Å²) in [5, 5.41) is 1.79. The van der Waals surface area contributed by atoms with Crippen molar-refractivity contribution in [1.82, 2.24) is 0 Å². The Morgan fingerprint density at radius 2 is 1.18 bits per heavy atom. The number of hydrogen-bond acceptors (Lipinski definition) is 0. The average molecular weight is 484 g/mol. The van der Waals surface area contributed by atoms with Gasteiger partial charge in [0, 0.05) is 8.07 Å². The SMILES string of the molecule is [C+]/C(=C(/C)C(=[CH-])[Si](C)(C)C)[Si](C)(C)C.[Cl-].[Cl-].[Os+2]. The second-order valence-corrected chi connectivity index (χ2v) is 16.0. The molecule has 17 heavy (non-hydrogen) atoms. The van der Waals surface area contributed by atoms with Gasteiger partial charge in [0.1, 0.15) is 0 Å². The molecule has 0 aliphatic heterocycles. The summed E-state index contributed by atoms with van der Waals surface area (Å²) in [4.78, 5) is 0. The molecule has 0 saturated heterocycles. The van der Waals surface area contributed by atoms with Crippen LogP contribution >= 0.6 is 0 Å². The Morgan fingerprint density at radius 3 is 1.35 bits per heavy atom. The van der Waals surface area contributed by atoms with Gasteiger partial charge in [0.2, 0.25) is 0 Å². The van der Waals surface area contributed by atoms with Crippen molar-refractivity contribution in [2.24, 2.45) is 0 Å². The minimum Gasteiger partial charge on any atom is -1.00 e. The van der Waals surface area contributed by atoms with Crippen molar-refractivity contribution < 1.29 is 44.6 Å². The van der Waals surface area contributed by atoms with Crippen molar-refractivity contribution in [3.05, 3.63) is 29.5 Å². The molecule has 0 bridgehead atoms. The molecule has 2 radical (unpaired) electrons. The Labute approximate surface area is 136 Å². The fourth-order valence-electron chi connectivity index (χ4n) is 1.26. The van der Waals surface area contributed by atoms with Gasteiger partial charge in [0.25, 0.3) is 6.92 Å². The molecular weight excluding hydrogens is 461 g/mol. The average Bonchev–Trinajstić information content (AvgIpc) is 1.97. The number of rotatable bonds is 3. The Balaban J connectivity index is -0.000000282. The molecule has 100 valence electrons. The first-order valence-corrected chi connectivity index (χ1v) is 12.0. The van der Waals surface area contributed by atoms with E-state index in [1.807, 2.05) is 6.92 Å². The maximum atomic E-state index is 8.10. The molecule has 0 fully saturated rings.